The quantitative estimate of drug-likeness (QED) is 0.670. The fraction of sp³-hybridized carbons (Fsp3) is 0.364. The van der Waals surface area contributed by atoms with E-state index < -0.39 is 10.8 Å². The van der Waals surface area contributed by atoms with Gasteiger partial charge in [-0.25, -0.2) is 0 Å². The van der Waals surface area contributed by atoms with E-state index in [4.69, 9.17) is 16.3 Å². The first-order chi connectivity index (χ1) is 8.59. The zero-order valence-electron chi connectivity index (χ0n) is 9.39. The molecule has 1 heterocycles. The number of nitrogens with one attached hydrogen (secondary N) is 1. The molecule has 6 nitrogen and oxygen atoms in total. The van der Waals surface area contributed by atoms with Crippen molar-refractivity contribution in [3.05, 3.63) is 38.9 Å². The molecule has 1 aromatic rings. The summed E-state index contributed by atoms with van der Waals surface area (Å²) < 4.78 is 5.13. The molecule has 1 aromatic carbocycles. The van der Waals surface area contributed by atoms with Crippen molar-refractivity contribution in [2.45, 2.75) is 12.5 Å². The third-order valence-corrected chi connectivity index (χ3v) is 3.08. The molecule has 1 N–H and O–H groups in total. The van der Waals surface area contributed by atoms with Gasteiger partial charge >= 0.3 is 0 Å². The van der Waals surface area contributed by atoms with Crippen molar-refractivity contribution in [2.75, 3.05) is 13.2 Å². The summed E-state index contributed by atoms with van der Waals surface area (Å²) in [5, 5.41) is 13.3. The first-order valence-electron chi connectivity index (χ1n) is 5.41. The van der Waals surface area contributed by atoms with E-state index in [0.717, 1.165) is 6.42 Å². The van der Waals surface area contributed by atoms with Crippen LogP contribution in [0.25, 0.3) is 0 Å². The molecule has 1 saturated heterocycles. The normalized spacial score (nSPS) is 18.6. The Morgan fingerprint density at radius 3 is 2.94 bits per heavy atom. The Labute approximate surface area is 108 Å². The highest BCUT2D eigenvalue weighted by Gasteiger charge is 2.23. The van der Waals surface area contributed by atoms with Gasteiger partial charge in [0.25, 0.3) is 11.6 Å². The fourth-order valence-corrected chi connectivity index (χ4v) is 2.03. The molecule has 1 atom stereocenters. The molecule has 7 heteroatoms. The molecule has 1 aliphatic heterocycles. The predicted octanol–water partition coefficient (Wildman–Crippen LogP) is 1.77. The van der Waals surface area contributed by atoms with Gasteiger partial charge in [-0.1, -0.05) is 17.7 Å². The highest BCUT2D eigenvalue weighted by atomic mass is 35.5. The molecule has 0 bridgehead atoms. The van der Waals surface area contributed by atoms with Crippen LogP contribution in [0.5, 0.6) is 0 Å². The molecule has 0 saturated carbocycles. The Balaban J connectivity index is 2.19. The molecule has 0 aliphatic carbocycles. The number of amides is 1. The smallest absolute Gasteiger partial charge is 0.288 e. The van der Waals surface area contributed by atoms with Crippen LogP contribution in [0.15, 0.2) is 18.2 Å². The van der Waals surface area contributed by atoms with Gasteiger partial charge in [0.1, 0.15) is 5.02 Å². The van der Waals surface area contributed by atoms with E-state index >= 15 is 0 Å². The van der Waals surface area contributed by atoms with Crippen molar-refractivity contribution in [1.29, 1.82) is 0 Å². The first-order valence-corrected chi connectivity index (χ1v) is 5.79. The number of nitro groups is 1. The summed E-state index contributed by atoms with van der Waals surface area (Å²) in [7, 11) is 0. The van der Waals surface area contributed by atoms with Gasteiger partial charge in [0.2, 0.25) is 0 Å². The van der Waals surface area contributed by atoms with Gasteiger partial charge < -0.3 is 10.1 Å². The Morgan fingerprint density at radius 1 is 1.56 bits per heavy atom. The number of hydrogen-bond acceptors (Lipinski definition) is 4. The Bertz CT molecular complexity index is 486. The largest absolute Gasteiger partial charge is 0.379 e. The van der Waals surface area contributed by atoms with Crippen LogP contribution in [-0.4, -0.2) is 30.1 Å². The second kappa shape index (κ2) is 5.32. The number of nitrogens with zero attached hydrogens (tertiary/aromatic N) is 1. The van der Waals surface area contributed by atoms with Crippen molar-refractivity contribution < 1.29 is 14.5 Å². The number of benzene rings is 1. The van der Waals surface area contributed by atoms with Gasteiger partial charge in [-0.15, -0.1) is 0 Å². The summed E-state index contributed by atoms with van der Waals surface area (Å²) in [6.45, 7) is 1.06. The molecule has 1 amide bonds. The lowest BCUT2D eigenvalue weighted by Gasteiger charge is -2.11. The van der Waals surface area contributed by atoms with Crippen molar-refractivity contribution in [1.82, 2.24) is 5.32 Å². The average molecular weight is 271 g/mol. The van der Waals surface area contributed by atoms with Crippen molar-refractivity contribution in [2.24, 2.45) is 0 Å². The molecule has 0 radical (unpaired) electrons. The Hall–Kier alpha value is -1.66. The molecule has 18 heavy (non-hydrogen) atoms. The number of hydrogen-bond donors (Lipinski definition) is 1. The lowest BCUT2D eigenvalue weighted by molar-refractivity contribution is -0.384. The van der Waals surface area contributed by atoms with Crippen LogP contribution in [0.3, 0.4) is 0 Å². The number of nitro benzene ring substituents is 1. The highest BCUT2D eigenvalue weighted by Crippen LogP contribution is 2.27. The SMILES string of the molecule is O=C(NC1CCOC1)c1cccc([N+](=O)[O-])c1Cl. The number of ether oxygens (including phenoxy) is 1. The second-order valence-electron chi connectivity index (χ2n) is 3.93. The minimum atomic E-state index is -0.613. The van der Waals surface area contributed by atoms with E-state index in [0.29, 0.717) is 13.2 Å². The van der Waals surface area contributed by atoms with Gasteiger partial charge in [-0.3, -0.25) is 14.9 Å². The third-order valence-electron chi connectivity index (χ3n) is 2.68. The van der Waals surface area contributed by atoms with E-state index in [2.05, 4.69) is 5.32 Å². The zero-order valence-corrected chi connectivity index (χ0v) is 10.1. The molecule has 0 aromatic heterocycles. The maximum atomic E-state index is 11.9. The molecule has 1 unspecified atom stereocenters. The minimum absolute atomic E-state index is 0.0622. The summed E-state index contributed by atoms with van der Waals surface area (Å²) in [5.74, 6) is -0.417. The molecule has 1 aliphatic rings. The van der Waals surface area contributed by atoms with Gasteiger partial charge in [0.15, 0.2) is 0 Å². The molecular weight excluding hydrogens is 260 g/mol. The molecule has 2 rings (SSSR count). The summed E-state index contributed by atoms with van der Waals surface area (Å²) >= 11 is 5.85. The van der Waals surface area contributed by atoms with Gasteiger partial charge in [0.05, 0.1) is 23.1 Å². The average Bonchev–Trinajstić information content (AvgIpc) is 2.81. The highest BCUT2D eigenvalue weighted by molar-refractivity contribution is 6.35. The number of halogens is 1. The number of carbonyl (C=O) groups is 1. The van der Waals surface area contributed by atoms with E-state index in [-0.39, 0.29) is 22.3 Å². The number of carbonyl (C=O) groups excluding carboxylic acids is 1. The zero-order chi connectivity index (χ0) is 13.1. The first kappa shape index (κ1) is 12.8. The second-order valence-corrected chi connectivity index (χ2v) is 4.31. The standard InChI is InChI=1S/C11H11ClN2O4/c12-10-8(2-1-3-9(10)14(16)17)11(15)13-7-4-5-18-6-7/h1-3,7H,4-6H2,(H,13,15). The van der Waals surface area contributed by atoms with Gasteiger partial charge in [-0.2, -0.15) is 0 Å². The van der Waals surface area contributed by atoms with Gasteiger partial charge in [-0.05, 0) is 12.5 Å². The monoisotopic (exact) mass is 270 g/mol. The van der Waals surface area contributed by atoms with E-state index in [1.165, 1.54) is 18.2 Å². The summed E-state index contributed by atoms with van der Waals surface area (Å²) in [5.41, 5.74) is -0.162. The van der Waals surface area contributed by atoms with E-state index in [1.807, 2.05) is 0 Å². The van der Waals surface area contributed by atoms with Crippen LogP contribution in [0.2, 0.25) is 5.02 Å². The van der Waals surface area contributed by atoms with Crippen molar-refractivity contribution in [3.63, 3.8) is 0 Å². The lowest BCUT2D eigenvalue weighted by Crippen LogP contribution is -2.35. The maximum Gasteiger partial charge on any atom is 0.288 e. The third kappa shape index (κ3) is 2.60. The summed E-state index contributed by atoms with van der Waals surface area (Å²) in [6.07, 6.45) is 0.734. The van der Waals surface area contributed by atoms with Crippen LogP contribution < -0.4 is 5.32 Å². The van der Waals surface area contributed by atoms with Crippen LogP contribution in [0, 0.1) is 10.1 Å². The van der Waals surface area contributed by atoms with Crippen molar-refractivity contribution >= 4 is 23.2 Å². The molecular formula is C11H11ClN2O4. The predicted molar refractivity (Wildman–Crippen MR) is 64.8 cm³/mol. The van der Waals surface area contributed by atoms with Crippen LogP contribution >= 0.6 is 11.6 Å². The van der Waals surface area contributed by atoms with Crippen LogP contribution in [0.4, 0.5) is 5.69 Å². The summed E-state index contributed by atoms with van der Waals surface area (Å²) in [6, 6.07) is 4.09. The molecule has 0 spiro atoms. The fourth-order valence-electron chi connectivity index (χ4n) is 1.75. The Morgan fingerprint density at radius 2 is 2.33 bits per heavy atom. The van der Waals surface area contributed by atoms with Crippen molar-refractivity contribution in [3.8, 4) is 0 Å². The molecule has 96 valence electrons. The van der Waals surface area contributed by atoms with Gasteiger partial charge in [0, 0.05) is 12.7 Å². The van der Waals surface area contributed by atoms with E-state index in [9.17, 15) is 14.9 Å². The minimum Gasteiger partial charge on any atom is -0.379 e. The topological polar surface area (TPSA) is 81.5 Å². The Kier molecular flexibility index (Phi) is 3.78. The molecule has 1 fully saturated rings. The van der Waals surface area contributed by atoms with Crippen LogP contribution in [0.1, 0.15) is 16.8 Å². The number of rotatable bonds is 3. The van der Waals surface area contributed by atoms with E-state index in [1.54, 1.807) is 0 Å². The summed E-state index contributed by atoms with van der Waals surface area (Å²) in [4.78, 5) is 22.0. The lowest BCUT2D eigenvalue weighted by atomic mass is 10.1. The van der Waals surface area contributed by atoms with Crippen LogP contribution in [-0.2, 0) is 4.74 Å². The maximum absolute atomic E-state index is 11.9.